The maximum absolute atomic E-state index is 12.8. The van der Waals surface area contributed by atoms with Crippen LogP contribution >= 0.6 is 11.6 Å². The molecule has 0 aromatic carbocycles. The predicted octanol–water partition coefficient (Wildman–Crippen LogP) is 3.80. The molecule has 0 aliphatic rings. The molecule has 33 heavy (non-hydrogen) atoms. The molecule has 0 saturated heterocycles. The zero-order valence-electron chi connectivity index (χ0n) is 20.2. The first-order valence-corrected chi connectivity index (χ1v) is 11.3. The lowest BCUT2D eigenvalue weighted by molar-refractivity contribution is -0.121. The fraction of sp³-hybridized carbons (Fsp3) is 0.652. The molecule has 10 heteroatoms. The first-order valence-electron chi connectivity index (χ1n) is 10.9. The van der Waals surface area contributed by atoms with E-state index in [9.17, 15) is 19.5 Å². The third kappa shape index (κ3) is 13.7. The number of rotatable bonds is 10. The predicted molar refractivity (Wildman–Crippen MR) is 125 cm³/mol. The number of hydrogen-bond donors (Lipinski definition) is 3. The van der Waals surface area contributed by atoms with E-state index in [1.807, 2.05) is 0 Å². The van der Waals surface area contributed by atoms with Gasteiger partial charge in [-0.2, -0.15) is 0 Å². The largest absolute Gasteiger partial charge is 0.444 e. The average Bonchev–Trinajstić information content (AvgIpc) is 2.66. The first kappa shape index (κ1) is 28.6. The van der Waals surface area contributed by atoms with Gasteiger partial charge in [-0.15, -0.1) is 0 Å². The Kier molecular flexibility index (Phi) is 11.1. The minimum Gasteiger partial charge on any atom is -0.444 e. The van der Waals surface area contributed by atoms with Gasteiger partial charge in [0, 0.05) is 19.2 Å². The molecule has 2 amide bonds. The van der Waals surface area contributed by atoms with Crippen molar-refractivity contribution in [3.05, 3.63) is 29.0 Å². The van der Waals surface area contributed by atoms with Crippen molar-refractivity contribution in [1.29, 1.82) is 0 Å². The number of ketones is 1. The molecule has 2 atom stereocenters. The van der Waals surface area contributed by atoms with E-state index in [4.69, 9.17) is 21.1 Å². The molecule has 0 fully saturated rings. The van der Waals surface area contributed by atoms with E-state index in [1.54, 1.807) is 59.9 Å². The maximum atomic E-state index is 12.8. The summed E-state index contributed by atoms with van der Waals surface area (Å²) in [6.07, 6.45) is 0.256. The van der Waals surface area contributed by atoms with Gasteiger partial charge >= 0.3 is 12.2 Å². The highest BCUT2D eigenvalue weighted by Gasteiger charge is 2.25. The Hall–Kier alpha value is -2.39. The van der Waals surface area contributed by atoms with E-state index >= 15 is 0 Å². The molecule has 2 unspecified atom stereocenters. The monoisotopic (exact) mass is 485 g/mol. The lowest BCUT2D eigenvalue weighted by atomic mass is 9.99. The number of aromatic nitrogens is 1. The van der Waals surface area contributed by atoms with Crippen LogP contribution in [0.1, 0.15) is 66.4 Å². The number of ether oxygens (including phenoxy) is 2. The highest BCUT2D eigenvalue weighted by Crippen LogP contribution is 2.13. The number of carbonyl (C=O) groups is 3. The smallest absolute Gasteiger partial charge is 0.408 e. The Morgan fingerprint density at radius 1 is 1.03 bits per heavy atom. The molecule has 1 heterocycles. The third-order valence-corrected chi connectivity index (χ3v) is 4.42. The number of aliphatic hydroxyl groups excluding tert-OH is 1. The zero-order chi connectivity index (χ0) is 25.2. The van der Waals surface area contributed by atoms with Crippen molar-refractivity contribution in [3.63, 3.8) is 0 Å². The van der Waals surface area contributed by atoms with Gasteiger partial charge in [0.15, 0.2) is 5.78 Å². The lowest BCUT2D eigenvalue weighted by Gasteiger charge is -2.24. The number of halogens is 1. The number of alkyl carbamates (subject to hydrolysis) is 2. The number of Topliss-reactive ketones (excluding diaryl/α,β-unsaturated/α-hetero) is 1. The molecule has 1 rings (SSSR count). The van der Waals surface area contributed by atoms with Crippen molar-refractivity contribution < 1.29 is 29.0 Å². The van der Waals surface area contributed by atoms with Crippen LogP contribution in [0.4, 0.5) is 9.59 Å². The summed E-state index contributed by atoms with van der Waals surface area (Å²) >= 11 is 5.79. The van der Waals surface area contributed by atoms with E-state index in [0.717, 1.165) is 5.56 Å². The Labute approximate surface area is 200 Å². The summed E-state index contributed by atoms with van der Waals surface area (Å²) in [4.78, 5) is 40.8. The van der Waals surface area contributed by atoms with Crippen molar-refractivity contribution in [1.82, 2.24) is 15.6 Å². The lowest BCUT2D eigenvalue weighted by Crippen LogP contribution is -2.44. The second-order valence-electron chi connectivity index (χ2n) is 9.77. The second-order valence-corrected chi connectivity index (χ2v) is 10.2. The fourth-order valence-electron chi connectivity index (χ4n) is 2.74. The number of pyridine rings is 1. The number of aryl methyl sites for hydroxylation is 1. The molecular weight excluding hydrogens is 450 g/mol. The van der Waals surface area contributed by atoms with Gasteiger partial charge in [-0.1, -0.05) is 17.7 Å². The van der Waals surface area contributed by atoms with Crippen LogP contribution in [0.3, 0.4) is 0 Å². The van der Waals surface area contributed by atoms with Crippen LogP contribution in [0.5, 0.6) is 0 Å². The van der Waals surface area contributed by atoms with Crippen molar-refractivity contribution in [2.24, 2.45) is 0 Å². The minimum atomic E-state index is -0.922. The van der Waals surface area contributed by atoms with Crippen LogP contribution in [0, 0.1) is 0 Å². The van der Waals surface area contributed by atoms with Crippen LogP contribution in [-0.2, 0) is 20.7 Å². The van der Waals surface area contributed by atoms with Crippen LogP contribution in [-0.4, -0.2) is 58.0 Å². The molecular formula is C23H36ClN3O6. The quantitative estimate of drug-likeness (QED) is 0.430. The van der Waals surface area contributed by atoms with Gasteiger partial charge in [0.1, 0.15) is 16.4 Å². The molecule has 3 N–H and O–H groups in total. The van der Waals surface area contributed by atoms with Gasteiger partial charge < -0.3 is 25.2 Å². The van der Waals surface area contributed by atoms with E-state index in [-0.39, 0.29) is 31.6 Å². The zero-order valence-corrected chi connectivity index (χ0v) is 21.0. The van der Waals surface area contributed by atoms with Crippen LogP contribution in [0.15, 0.2) is 18.3 Å². The minimum absolute atomic E-state index is 0.0430. The van der Waals surface area contributed by atoms with Gasteiger partial charge in [-0.05, 0) is 72.4 Å². The van der Waals surface area contributed by atoms with Gasteiger partial charge in [-0.3, -0.25) is 4.79 Å². The van der Waals surface area contributed by atoms with Crippen molar-refractivity contribution in [2.45, 2.75) is 90.6 Å². The molecule has 0 radical (unpaired) electrons. The summed E-state index contributed by atoms with van der Waals surface area (Å²) in [5.41, 5.74) is -0.530. The highest BCUT2D eigenvalue weighted by molar-refractivity contribution is 6.29. The molecule has 1 aromatic heterocycles. The first-order chi connectivity index (χ1) is 15.1. The fourth-order valence-corrected chi connectivity index (χ4v) is 2.85. The summed E-state index contributed by atoms with van der Waals surface area (Å²) < 4.78 is 10.4. The molecule has 0 spiro atoms. The number of aliphatic hydroxyl groups is 1. The number of nitrogens with one attached hydrogen (secondary N) is 2. The van der Waals surface area contributed by atoms with E-state index in [1.165, 1.54) is 0 Å². The van der Waals surface area contributed by atoms with Crippen LogP contribution in [0.2, 0.25) is 5.15 Å². The second kappa shape index (κ2) is 12.7. The summed E-state index contributed by atoms with van der Waals surface area (Å²) in [6, 6.07) is 2.58. The highest BCUT2D eigenvalue weighted by atomic mass is 35.5. The van der Waals surface area contributed by atoms with Crippen LogP contribution in [0.25, 0.3) is 0 Å². The Morgan fingerprint density at radius 2 is 1.64 bits per heavy atom. The summed E-state index contributed by atoms with van der Waals surface area (Å²) in [5.74, 6) is -0.205. The Morgan fingerprint density at radius 3 is 2.18 bits per heavy atom. The summed E-state index contributed by atoms with van der Waals surface area (Å²) in [5, 5.41) is 15.7. The molecule has 0 saturated carbocycles. The van der Waals surface area contributed by atoms with Gasteiger partial charge in [0.05, 0.1) is 12.1 Å². The van der Waals surface area contributed by atoms with E-state index in [2.05, 4.69) is 15.6 Å². The van der Waals surface area contributed by atoms with Crippen LogP contribution < -0.4 is 10.6 Å². The number of amides is 2. The number of nitrogens with zero attached hydrogens (tertiary/aromatic N) is 1. The third-order valence-electron chi connectivity index (χ3n) is 4.20. The molecule has 0 aliphatic carbocycles. The maximum Gasteiger partial charge on any atom is 0.408 e. The van der Waals surface area contributed by atoms with Crippen molar-refractivity contribution in [3.8, 4) is 0 Å². The normalized spacial score (nSPS) is 13.6. The van der Waals surface area contributed by atoms with E-state index in [0.29, 0.717) is 11.6 Å². The summed E-state index contributed by atoms with van der Waals surface area (Å²) in [6.45, 7) is 10.3. The molecule has 1 aromatic rings. The number of carbonyl (C=O) groups excluding carboxylic acids is 3. The Bertz CT molecular complexity index is 787. The standard InChI is InChI=1S/C23H36ClN3O6/c1-22(2,3)32-20(30)26-14-16(28)9-10-17(27-21(31)33-23(4,5)6)18(29)11-7-15-8-12-19(24)25-13-15/h8,12-13,16-17,28H,7,9-11,14H2,1-6H3,(H,26,30)(H,27,31). The molecule has 0 aliphatic heterocycles. The molecule has 186 valence electrons. The Balaban J connectivity index is 2.66. The van der Waals surface area contributed by atoms with Crippen molar-refractivity contribution >= 4 is 29.6 Å². The van der Waals surface area contributed by atoms with Gasteiger partial charge in [-0.25, -0.2) is 14.6 Å². The van der Waals surface area contributed by atoms with Crippen molar-refractivity contribution in [2.75, 3.05) is 6.54 Å². The van der Waals surface area contributed by atoms with Gasteiger partial charge in [0.25, 0.3) is 0 Å². The topological polar surface area (TPSA) is 127 Å². The van der Waals surface area contributed by atoms with Gasteiger partial charge in [0.2, 0.25) is 0 Å². The van der Waals surface area contributed by atoms with E-state index < -0.39 is 35.5 Å². The number of hydrogen-bond acceptors (Lipinski definition) is 7. The summed E-state index contributed by atoms with van der Waals surface area (Å²) in [7, 11) is 0. The average molecular weight is 486 g/mol. The SMILES string of the molecule is CC(C)(C)OC(=O)NCC(O)CCC(NC(=O)OC(C)(C)C)C(=O)CCc1ccc(Cl)nc1. The molecule has 0 bridgehead atoms. The molecule has 9 nitrogen and oxygen atoms in total.